The first-order valence-corrected chi connectivity index (χ1v) is 6.59. The monoisotopic (exact) mass is 266 g/mol. The Bertz CT molecular complexity index is 324. The van der Waals surface area contributed by atoms with Gasteiger partial charge in [-0.1, -0.05) is 31.6 Å². The Hall–Kier alpha value is -1.53. The van der Waals surface area contributed by atoms with E-state index in [0.29, 0.717) is 0 Å². The molecule has 0 radical (unpaired) electrons. The molecule has 0 fully saturated rings. The molecule has 3 heteroatoms. The number of methoxy groups -OCH3 is 1. The number of aliphatic hydroxyl groups excluding tert-OH is 1. The van der Waals surface area contributed by atoms with Crippen LogP contribution in [0.1, 0.15) is 46.5 Å². The van der Waals surface area contributed by atoms with E-state index in [2.05, 4.69) is 17.6 Å². The molecule has 3 nitrogen and oxygen atoms in total. The van der Waals surface area contributed by atoms with Crippen molar-refractivity contribution < 1.29 is 14.6 Å². The summed E-state index contributed by atoms with van der Waals surface area (Å²) < 4.78 is 4.52. The Kier molecular flexibility index (Phi) is 13.5. The van der Waals surface area contributed by atoms with Crippen molar-refractivity contribution in [3.63, 3.8) is 0 Å². The molecule has 0 amide bonds. The number of ether oxygens (including phenoxy) is 1. The molecule has 1 atom stereocenters. The Morgan fingerprint density at radius 3 is 2.53 bits per heavy atom. The minimum atomic E-state index is -0.368. The third kappa shape index (κ3) is 8.23. The van der Waals surface area contributed by atoms with E-state index in [-0.39, 0.29) is 18.5 Å². The number of rotatable bonds is 3. The Morgan fingerprint density at radius 2 is 2.05 bits per heavy atom. The van der Waals surface area contributed by atoms with Crippen LogP contribution in [0.3, 0.4) is 0 Å². The van der Waals surface area contributed by atoms with Crippen LogP contribution in [0.15, 0.2) is 23.3 Å². The van der Waals surface area contributed by atoms with Crippen molar-refractivity contribution in [2.75, 3.05) is 7.11 Å². The van der Waals surface area contributed by atoms with Gasteiger partial charge in [-0.25, -0.2) is 0 Å². The van der Waals surface area contributed by atoms with Gasteiger partial charge < -0.3 is 9.84 Å². The van der Waals surface area contributed by atoms with Crippen LogP contribution in [0.2, 0.25) is 0 Å². The van der Waals surface area contributed by atoms with E-state index in [0.717, 1.165) is 24.8 Å². The first-order chi connectivity index (χ1) is 9.15. The van der Waals surface area contributed by atoms with E-state index in [1.165, 1.54) is 12.7 Å². The molecule has 0 aromatic heterocycles. The summed E-state index contributed by atoms with van der Waals surface area (Å²) in [6, 6.07) is 0. The number of aliphatic hydroxyl groups is 1. The Balaban J connectivity index is 0. The van der Waals surface area contributed by atoms with Crippen molar-refractivity contribution in [3.8, 4) is 12.8 Å². The van der Waals surface area contributed by atoms with E-state index in [1.54, 1.807) is 6.08 Å². The van der Waals surface area contributed by atoms with Crippen LogP contribution in [0.25, 0.3) is 0 Å². The zero-order chi connectivity index (χ0) is 15.3. The van der Waals surface area contributed by atoms with Gasteiger partial charge in [0.1, 0.15) is 0 Å². The average Bonchev–Trinajstić information content (AvgIpc) is 2.46. The molecule has 1 aliphatic rings. The van der Waals surface area contributed by atoms with Crippen LogP contribution in [0, 0.1) is 12.8 Å². The van der Waals surface area contributed by atoms with E-state index >= 15 is 0 Å². The fraction of sp³-hybridized carbons (Fsp3) is 0.562. The fourth-order valence-corrected chi connectivity index (χ4v) is 1.76. The average molecular weight is 266 g/mol. The Labute approximate surface area is 117 Å². The number of terminal acetylenes is 1. The maximum absolute atomic E-state index is 10.9. The van der Waals surface area contributed by atoms with Gasteiger partial charge in [-0.3, -0.25) is 4.79 Å². The lowest BCUT2D eigenvalue weighted by atomic mass is 9.90. The molecule has 1 N–H and O–H groups in total. The summed E-state index contributed by atoms with van der Waals surface area (Å²) in [7, 11) is 1.37. The number of esters is 1. The number of hydrogen-bond acceptors (Lipinski definition) is 3. The maximum atomic E-state index is 10.9. The highest BCUT2D eigenvalue weighted by Crippen LogP contribution is 2.25. The predicted octanol–water partition coefficient (Wildman–Crippen LogP) is 3.24. The van der Waals surface area contributed by atoms with Crippen LogP contribution >= 0.6 is 0 Å². The molecular formula is C16H26O3. The minimum absolute atomic E-state index is 0.255. The lowest BCUT2D eigenvalue weighted by molar-refractivity contribution is -0.139. The van der Waals surface area contributed by atoms with Gasteiger partial charge in [0, 0.05) is 0 Å². The van der Waals surface area contributed by atoms with Crippen LogP contribution in [-0.4, -0.2) is 24.3 Å². The minimum Gasteiger partial charge on any atom is -0.469 e. The van der Waals surface area contributed by atoms with E-state index in [4.69, 9.17) is 0 Å². The highest BCUT2D eigenvalue weighted by atomic mass is 16.5. The summed E-state index contributed by atoms with van der Waals surface area (Å²) >= 11 is 0. The van der Waals surface area contributed by atoms with Gasteiger partial charge in [-0.05, 0) is 31.8 Å². The largest absolute Gasteiger partial charge is 0.469 e. The summed E-state index contributed by atoms with van der Waals surface area (Å²) in [6.07, 6.45) is 14.4. The smallest absolute Gasteiger partial charge is 0.309 e. The van der Waals surface area contributed by atoms with Gasteiger partial charge in [0.05, 0.1) is 19.6 Å². The maximum Gasteiger partial charge on any atom is 0.309 e. The highest BCUT2D eigenvalue weighted by Gasteiger charge is 2.16. The number of carbonyl (C=O) groups excluding carboxylic acids is 1. The van der Waals surface area contributed by atoms with Crippen molar-refractivity contribution in [2.24, 2.45) is 0 Å². The molecule has 0 saturated heterocycles. The van der Waals surface area contributed by atoms with Gasteiger partial charge in [0.25, 0.3) is 0 Å². The molecule has 0 bridgehead atoms. The quantitative estimate of drug-likeness (QED) is 0.630. The van der Waals surface area contributed by atoms with Gasteiger partial charge in [-0.2, -0.15) is 0 Å². The third-order valence-electron chi connectivity index (χ3n) is 2.69. The standard InChI is InChI=1S/C12H18O3.C2H6.C2H2/c1-9-5-3-7-11(13)10(9)6-4-8-12(14)15-2;2*1-2/h4,6,11,13H,3,5,7-8H2,1-2H3;1-2H3;1-2H/b6-4-;;. The first-order valence-electron chi connectivity index (χ1n) is 6.59. The molecular weight excluding hydrogens is 240 g/mol. The molecule has 0 saturated carbocycles. The summed E-state index contributed by atoms with van der Waals surface area (Å²) in [5, 5.41) is 9.74. The highest BCUT2D eigenvalue weighted by molar-refractivity contribution is 5.71. The summed E-state index contributed by atoms with van der Waals surface area (Å²) in [5.41, 5.74) is 2.18. The van der Waals surface area contributed by atoms with Crippen molar-refractivity contribution in [1.82, 2.24) is 0 Å². The second kappa shape index (κ2) is 12.9. The molecule has 1 unspecified atom stereocenters. The molecule has 0 spiro atoms. The van der Waals surface area contributed by atoms with Crippen molar-refractivity contribution in [1.29, 1.82) is 0 Å². The zero-order valence-corrected chi connectivity index (χ0v) is 12.5. The zero-order valence-electron chi connectivity index (χ0n) is 12.5. The molecule has 108 valence electrons. The topological polar surface area (TPSA) is 46.5 Å². The van der Waals surface area contributed by atoms with Crippen LogP contribution in [-0.2, 0) is 9.53 Å². The molecule has 1 aliphatic carbocycles. The van der Waals surface area contributed by atoms with Gasteiger partial charge in [0.15, 0.2) is 0 Å². The van der Waals surface area contributed by atoms with Crippen molar-refractivity contribution in [2.45, 2.75) is 52.6 Å². The number of allylic oxidation sites excluding steroid dienone is 1. The normalized spacial score (nSPS) is 17.9. The van der Waals surface area contributed by atoms with E-state index in [9.17, 15) is 9.90 Å². The summed E-state index contributed by atoms with van der Waals surface area (Å²) in [6.45, 7) is 6.03. The first kappa shape index (κ1) is 19.8. The molecule has 0 aromatic rings. The molecule has 0 aromatic carbocycles. The van der Waals surface area contributed by atoms with Crippen LogP contribution < -0.4 is 0 Å². The summed E-state index contributed by atoms with van der Waals surface area (Å²) in [4.78, 5) is 10.9. The molecule has 1 rings (SSSR count). The molecule has 0 aliphatic heterocycles. The predicted molar refractivity (Wildman–Crippen MR) is 79.6 cm³/mol. The van der Waals surface area contributed by atoms with Gasteiger partial charge in [-0.15, -0.1) is 12.8 Å². The summed E-state index contributed by atoms with van der Waals surface area (Å²) in [5.74, 6) is -0.255. The Morgan fingerprint density at radius 1 is 1.47 bits per heavy atom. The number of hydrogen-bond donors (Lipinski definition) is 1. The van der Waals surface area contributed by atoms with Crippen LogP contribution in [0.4, 0.5) is 0 Å². The third-order valence-corrected chi connectivity index (χ3v) is 2.69. The molecule has 19 heavy (non-hydrogen) atoms. The SMILES string of the molecule is C#C.CC.COC(=O)C/C=C\C1=C(C)CCCC1O. The van der Waals surface area contributed by atoms with Crippen molar-refractivity contribution in [3.05, 3.63) is 23.3 Å². The second-order valence-electron chi connectivity index (χ2n) is 3.83. The van der Waals surface area contributed by atoms with Gasteiger partial charge >= 0.3 is 5.97 Å². The van der Waals surface area contributed by atoms with E-state index < -0.39 is 0 Å². The lowest BCUT2D eigenvalue weighted by Crippen LogP contribution is -2.15. The second-order valence-corrected chi connectivity index (χ2v) is 3.83. The molecule has 0 heterocycles. The van der Waals surface area contributed by atoms with Crippen molar-refractivity contribution >= 4 is 5.97 Å². The number of carbonyl (C=O) groups is 1. The van der Waals surface area contributed by atoms with E-state index in [1.807, 2.05) is 26.8 Å². The lowest BCUT2D eigenvalue weighted by Gasteiger charge is -2.20. The van der Waals surface area contributed by atoms with Gasteiger partial charge in [0.2, 0.25) is 0 Å². The fourth-order valence-electron chi connectivity index (χ4n) is 1.76. The van der Waals surface area contributed by atoms with Crippen LogP contribution in [0.5, 0.6) is 0 Å².